The van der Waals surface area contributed by atoms with Crippen molar-refractivity contribution < 1.29 is 14.2 Å². The first kappa shape index (κ1) is 18.8. The molecule has 140 valence electrons. The Balaban J connectivity index is 1.65. The van der Waals surface area contributed by atoms with Gasteiger partial charge in [-0.1, -0.05) is 6.07 Å². The fourth-order valence-corrected chi connectivity index (χ4v) is 3.48. The third-order valence-corrected chi connectivity index (χ3v) is 4.94. The second-order valence-corrected chi connectivity index (χ2v) is 6.68. The molecule has 1 N–H and O–H groups in total. The lowest BCUT2D eigenvalue weighted by molar-refractivity contribution is 0.0493. The summed E-state index contributed by atoms with van der Waals surface area (Å²) < 4.78 is 19.4. The minimum absolute atomic E-state index is 0.134. The van der Waals surface area contributed by atoms with Crippen molar-refractivity contribution in [2.75, 3.05) is 33.4 Å². The zero-order valence-corrected chi connectivity index (χ0v) is 15.1. The highest BCUT2D eigenvalue weighted by atomic mass is 19.1. The van der Waals surface area contributed by atoms with Gasteiger partial charge in [-0.15, -0.1) is 0 Å². The largest absolute Gasteiger partial charge is 0.497 e. The fourth-order valence-electron chi connectivity index (χ4n) is 3.48. The summed E-state index contributed by atoms with van der Waals surface area (Å²) in [5.41, 5.74) is 1.90. The molecular formula is C20H26FN3O2. The molecule has 2 heterocycles. The molecule has 0 unspecified atom stereocenters. The number of hydrogen-bond acceptors (Lipinski definition) is 5. The Labute approximate surface area is 154 Å². The van der Waals surface area contributed by atoms with Crippen molar-refractivity contribution in [2.24, 2.45) is 0 Å². The van der Waals surface area contributed by atoms with Gasteiger partial charge in [0.05, 0.1) is 7.11 Å². The van der Waals surface area contributed by atoms with E-state index in [1.807, 2.05) is 24.5 Å². The van der Waals surface area contributed by atoms with Crippen LogP contribution in [0.1, 0.15) is 17.5 Å². The highest BCUT2D eigenvalue weighted by Crippen LogP contribution is 2.22. The van der Waals surface area contributed by atoms with Gasteiger partial charge in [-0.2, -0.15) is 0 Å². The second kappa shape index (κ2) is 9.07. The van der Waals surface area contributed by atoms with Crippen LogP contribution in [0.2, 0.25) is 0 Å². The van der Waals surface area contributed by atoms with E-state index in [9.17, 15) is 9.50 Å². The fraction of sp³-hybridized carbons (Fsp3) is 0.450. The molecule has 1 aromatic heterocycles. The topological polar surface area (TPSA) is 48.8 Å². The normalized spacial score (nSPS) is 18.8. The van der Waals surface area contributed by atoms with Crippen LogP contribution in [-0.2, 0) is 13.1 Å². The molecule has 0 radical (unpaired) electrons. The van der Waals surface area contributed by atoms with E-state index < -0.39 is 0 Å². The maximum Gasteiger partial charge on any atom is 0.131 e. The monoisotopic (exact) mass is 359 g/mol. The molecule has 1 atom stereocenters. The van der Waals surface area contributed by atoms with Crippen molar-refractivity contribution in [1.29, 1.82) is 0 Å². The Morgan fingerprint density at radius 1 is 1.19 bits per heavy atom. The Bertz CT molecular complexity index is 699. The Morgan fingerprint density at radius 3 is 2.69 bits per heavy atom. The first-order valence-electron chi connectivity index (χ1n) is 8.98. The number of nitrogens with zero attached hydrogens (tertiary/aromatic N) is 3. The van der Waals surface area contributed by atoms with E-state index in [-0.39, 0.29) is 18.5 Å². The summed E-state index contributed by atoms with van der Waals surface area (Å²) in [4.78, 5) is 8.71. The van der Waals surface area contributed by atoms with E-state index in [2.05, 4.69) is 14.8 Å². The molecule has 6 heteroatoms. The molecule has 1 aliphatic rings. The zero-order chi connectivity index (χ0) is 18.4. The maximum atomic E-state index is 14.3. The third-order valence-electron chi connectivity index (χ3n) is 4.94. The molecular weight excluding hydrogens is 333 g/mol. The predicted molar refractivity (Wildman–Crippen MR) is 98.4 cm³/mol. The summed E-state index contributed by atoms with van der Waals surface area (Å²) in [5.74, 6) is 0.284. The van der Waals surface area contributed by atoms with Crippen molar-refractivity contribution in [2.45, 2.75) is 25.6 Å². The zero-order valence-electron chi connectivity index (χ0n) is 15.1. The van der Waals surface area contributed by atoms with Gasteiger partial charge in [0.2, 0.25) is 0 Å². The molecule has 5 nitrogen and oxygen atoms in total. The lowest BCUT2D eigenvalue weighted by atomic mass is 10.1. The van der Waals surface area contributed by atoms with E-state index in [1.165, 1.54) is 18.7 Å². The van der Waals surface area contributed by atoms with Gasteiger partial charge in [0.15, 0.2) is 0 Å². The van der Waals surface area contributed by atoms with Gasteiger partial charge < -0.3 is 9.84 Å². The van der Waals surface area contributed by atoms with Crippen molar-refractivity contribution in [3.8, 4) is 5.75 Å². The van der Waals surface area contributed by atoms with Crippen LogP contribution >= 0.6 is 0 Å². The van der Waals surface area contributed by atoms with Gasteiger partial charge in [-0.3, -0.25) is 14.8 Å². The number of rotatable bonds is 7. The highest BCUT2D eigenvalue weighted by Gasteiger charge is 2.27. The number of aliphatic hydroxyl groups excluding tert-OH is 1. The maximum absolute atomic E-state index is 14.3. The molecule has 0 amide bonds. The van der Waals surface area contributed by atoms with E-state index in [0.717, 1.165) is 26.2 Å². The van der Waals surface area contributed by atoms with Crippen molar-refractivity contribution >= 4 is 0 Å². The van der Waals surface area contributed by atoms with Crippen LogP contribution in [0.15, 0.2) is 42.7 Å². The average Bonchev–Trinajstić information content (AvgIpc) is 2.66. The van der Waals surface area contributed by atoms with Gasteiger partial charge in [0, 0.05) is 69.4 Å². The number of aromatic nitrogens is 1. The highest BCUT2D eigenvalue weighted by molar-refractivity contribution is 5.29. The Morgan fingerprint density at radius 2 is 2.00 bits per heavy atom. The van der Waals surface area contributed by atoms with Crippen molar-refractivity contribution in [1.82, 2.24) is 14.8 Å². The van der Waals surface area contributed by atoms with Crippen LogP contribution < -0.4 is 4.74 Å². The summed E-state index contributed by atoms with van der Waals surface area (Å²) in [6, 6.07) is 9.26. The Hall–Kier alpha value is -2.02. The molecule has 0 spiro atoms. The van der Waals surface area contributed by atoms with Crippen LogP contribution in [0.3, 0.4) is 0 Å². The Kier molecular flexibility index (Phi) is 6.55. The third kappa shape index (κ3) is 4.78. The van der Waals surface area contributed by atoms with Crippen molar-refractivity contribution in [3.05, 3.63) is 59.7 Å². The molecule has 1 saturated heterocycles. The summed E-state index contributed by atoms with van der Waals surface area (Å²) >= 11 is 0. The van der Waals surface area contributed by atoms with Gasteiger partial charge in [0.25, 0.3) is 0 Å². The number of aliphatic hydroxyl groups is 1. The van der Waals surface area contributed by atoms with Gasteiger partial charge >= 0.3 is 0 Å². The summed E-state index contributed by atoms with van der Waals surface area (Å²) in [5, 5.41) is 9.46. The van der Waals surface area contributed by atoms with E-state index >= 15 is 0 Å². The van der Waals surface area contributed by atoms with Crippen LogP contribution in [0.5, 0.6) is 5.75 Å². The first-order valence-corrected chi connectivity index (χ1v) is 8.98. The van der Waals surface area contributed by atoms with Gasteiger partial charge in [0.1, 0.15) is 11.6 Å². The minimum atomic E-state index is -0.244. The number of ether oxygens (including phenoxy) is 1. The quantitative estimate of drug-likeness (QED) is 0.822. The molecule has 1 aliphatic heterocycles. The van der Waals surface area contributed by atoms with E-state index in [0.29, 0.717) is 24.3 Å². The van der Waals surface area contributed by atoms with Crippen LogP contribution in [0.4, 0.5) is 4.39 Å². The second-order valence-electron chi connectivity index (χ2n) is 6.68. The lowest BCUT2D eigenvalue weighted by Crippen LogP contribution is -2.52. The van der Waals surface area contributed by atoms with Crippen molar-refractivity contribution in [3.63, 3.8) is 0 Å². The predicted octanol–water partition coefficient (Wildman–Crippen LogP) is 2.30. The molecule has 0 saturated carbocycles. The minimum Gasteiger partial charge on any atom is -0.497 e. The summed E-state index contributed by atoms with van der Waals surface area (Å²) in [6.45, 7) is 4.18. The first-order chi connectivity index (χ1) is 12.7. The lowest BCUT2D eigenvalue weighted by Gasteiger charge is -2.41. The van der Waals surface area contributed by atoms with Crippen LogP contribution in [0.25, 0.3) is 0 Å². The van der Waals surface area contributed by atoms with Crippen LogP contribution in [-0.4, -0.2) is 59.3 Å². The van der Waals surface area contributed by atoms with E-state index in [4.69, 9.17) is 4.74 Å². The van der Waals surface area contributed by atoms with Gasteiger partial charge in [-0.05, 0) is 30.2 Å². The number of benzene rings is 1. The number of methoxy groups -OCH3 is 1. The summed E-state index contributed by atoms with van der Waals surface area (Å²) in [7, 11) is 1.54. The van der Waals surface area contributed by atoms with Gasteiger partial charge in [-0.25, -0.2) is 4.39 Å². The smallest absolute Gasteiger partial charge is 0.131 e. The molecule has 3 rings (SSSR count). The molecule has 0 bridgehead atoms. The summed E-state index contributed by atoms with van der Waals surface area (Å²) in [6.07, 6.45) is 4.30. The molecule has 1 aromatic carbocycles. The number of halogens is 1. The molecule has 26 heavy (non-hydrogen) atoms. The van der Waals surface area contributed by atoms with Crippen LogP contribution in [0, 0.1) is 5.82 Å². The number of hydrogen-bond donors (Lipinski definition) is 1. The number of pyridine rings is 1. The van der Waals surface area contributed by atoms with E-state index in [1.54, 1.807) is 12.1 Å². The molecule has 0 aliphatic carbocycles. The molecule has 2 aromatic rings. The SMILES string of the molecule is COc1ccc(CN2CCN(Cc3ccncc3)C[C@@H]2CCO)c(F)c1. The molecule has 1 fully saturated rings. The standard InChI is InChI=1S/C20H26FN3O2/c1-26-19-3-2-17(20(21)12-19)14-24-10-9-23(15-18(24)6-11-25)13-16-4-7-22-8-5-16/h2-5,7-8,12,18,25H,6,9-11,13-15H2,1H3/t18-/m0/s1. The number of piperazine rings is 1. The average molecular weight is 359 g/mol.